The third-order valence-electron chi connectivity index (χ3n) is 15.0. The van der Waals surface area contributed by atoms with Gasteiger partial charge in [0.15, 0.2) is 5.78 Å². The Morgan fingerprint density at radius 1 is 0.667 bits per heavy atom. The summed E-state index contributed by atoms with van der Waals surface area (Å²) in [5, 5.41) is 20.4. The normalized spacial score (nSPS) is 13.1. The molecule has 0 saturated carbocycles. The second-order valence-corrected chi connectivity index (χ2v) is 24.1. The molecule has 562 valence electrons. The Kier molecular flexibility index (Phi) is 46.9. The van der Waals surface area contributed by atoms with Crippen LogP contribution in [-0.2, 0) is 103 Å². The number of carbonyl (C=O) groups excluding carboxylic acids is 7. The number of nitrogens with one attached hydrogen (secondary N) is 1. The zero-order valence-electron chi connectivity index (χ0n) is 57.8. The van der Waals surface area contributed by atoms with Crippen molar-refractivity contribution < 1.29 is 129 Å². The zero-order chi connectivity index (χ0) is 71.6. The summed E-state index contributed by atoms with van der Waals surface area (Å²) in [4.78, 5) is 106. The van der Waals surface area contributed by atoms with Gasteiger partial charge in [-0.25, -0.2) is 18.6 Å². The first kappa shape index (κ1) is 90.9. The van der Waals surface area contributed by atoms with E-state index in [0.717, 1.165) is 28.7 Å². The first-order valence-corrected chi connectivity index (χ1v) is 32.8. The molecule has 5 N–H and O–H groups in total. The largest absolute Gasteiger partial charge is 0.490 e. The Hall–Kier alpha value is -6.14. The number of Topliss-reactive ketones (excluding diaryl/α,β-unsaturated/α-hetero) is 3. The quantitative estimate of drug-likeness (QED) is 0.0139. The number of amides is 4. The second-order valence-electron chi connectivity index (χ2n) is 24.1. The molecule has 0 radical (unpaired) electrons. The molecular weight excluding hydrogens is 1400 g/mol. The first-order valence-electron chi connectivity index (χ1n) is 32.8. The topological polar surface area (TPSA) is 313 Å². The smallest absolute Gasteiger partial charge is 0.475 e. The van der Waals surface area contributed by atoms with Crippen molar-refractivity contribution in [3.8, 4) is 11.3 Å². The number of aliphatic hydroxyl groups is 1. The average molecular weight is 1510 g/mol. The number of carbonyl (C=O) groups is 8. The summed E-state index contributed by atoms with van der Waals surface area (Å²) in [6.07, 6.45) is 2.43. The van der Waals surface area contributed by atoms with Crippen LogP contribution in [-0.4, -0.2) is 221 Å². The van der Waals surface area contributed by atoms with E-state index in [4.69, 9.17) is 58.5 Å². The average Bonchev–Trinajstić information content (AvgIpc) is 1.66. The van der Waals surface area contributed by atoms with Crippen LogP contribution in [0.4, 0.5) is 22.0 Å². The Morgan fingerprint density at radius 2 is 1.18 bits per heavy atom. The summed E-state index contributed by atoms with van der Waals surface area (Å²) in [5.41, 5.74) is 6.17. The van der Waals surface area contributed by atoms with Crippen molar-refractivity contribution in [3.63, 3.8) is 0 Å². The van der Waals surface area contributed by atoms with Gasteiger partial charge in [0.25, 0.3) is 11.8 Å². The van der Waals surface area contributed by atoms with Crippen molar-refractivity contribution in [2.75, 3.05) is 132 Å². The van der Waals surface area contributed by atoms with Crippen molar-refractivity contribution in [2.45, 2.75) is 130 Å². The summed E-state index contributed by atoms with van der Waals surface area (Å²) >= 11 is 0. The van der Waals surface area contributed by atoms with Gasteiger partial charge in [-0.2, -0.15) is 13.2 Å². The Bertz CT molecular complexity index is 2870. The number of hydrogen-bond donors (Lipinski definition) is 4. The van der Waals surface area contributed by atoms with Crippen molar-refractivity contribution in [3.05, 3.63) is 97.3 Å². The molecule has 0 fully saturated rings. The minimum Gasteiger partial charge on any atom is -0.475 e. The molecule has 1 aromatic heterocycles. The molecule has 1 aliphatic rings. The van der Waals surface area contributed by atoms with Crippen LogP contribution in [0.2, 0.25) is 0 Å². The number of alkyl halides is 3. The van der Waals surface area contributed by atoms with Crippen LogP contribution in [0.25, 0.3) is 11.3 Å². The number of aromatic nitrogens is 2. The molecule has 1 aliphatic heterocycles. The van der Waals surface area contributed by atoms with Gasteiger partial charge in [0, 0.05) is 109 Å². The van der Waals surface area contributed by atoms with Gasteiger partial charge in [-0.3, -0.25) is 38.5 Å². The number of imidazole rings is 1. The number of ether oxygens (including phenoxy) is 8. The number of aliphatic hydroxyl groups excluding tert-OH is 1. The van der Waals surface area contributed by atoms with Crippen molar-refractivity contribution in [1.29, 1.82) is 0 Å². The number of carboxylic acids is 1. The van der Waals surface area contributed by atoms with E-state index >= 15 is 4.39 Å². The maximum atomic E-state index is 15.2. The van der Waals surface area contributed by atoms with E-state index in [2.05, 4.69) is 5.32 Å². The van der Waals surface area contributed by atoms with Crippen LogP contribution in [0.3, 0.4) is 0 Å². The molecule has 0 bridgehead atoms. The fraction of sp³-hybridized carbons (Fsp3) is 0.623. The van der Waals surface area contributed by atoms with Gasteiger partial charge in [0.1, 0.15) is 35.6 Å². The Labute approximate surface area is 591 Å². The summed E-state index contributed by atoms with van der Waals surface area (Å²) in [7, 11) is 0. The van der Waals surface area contributed by atoms with Crippen LogP contribution < -0.4 is 11.1 Å². The summed E-state index contributed by atoms with van der Waals surface area (Å²) in [6, 6.07) is 11.1. The van der Waals surface area contributed by atoms with E-state index in [0.29, 0.717) is 156 Å². The Balaban J connectivity index is 0.00000515. The number of benzene rings is 2. The van der Waals surface area contributed by atoms with Crippen molar-refractivity contribution >= 4 is 46.9 Å². The van der Waals surface area contributed by atoms with E-state index in [1.807, 2.05) is 69.5 Å². The third kappa shape index (κ3) is 37.4. The number of halogens is 5. The minimum atomic E-state index is -5.08. The van der Waals surface area contributed by atoms with Crippen LogP contribution in [0.1, 0.15) is 123 Å². The molecule has 30 heteroatoms. The molecule has 4 rings (SSSR count). The molecule has 3 aromatic rings. The molecule has 2 heterocycles. The predicted octanol–water partition coefficient (Wildman–Crippen LogP) is 7.64. The minimum absolute atomic E-state index is 0. The van der Waals surface area contributed by atoms with Gasteiger partial charge in [0.2, 0.25) is 11.8 Å². The predicted molar refractivity (Wildman–Crippen MR) is 352 cm³/mol. The SMILES string of the molecule is CC(C)[C@H](CC(=O)CCOCCOCCOCCOCCOCCOCCOCCOCCCC(=O)CCN1C(=O)C=CC1=O)C(=O)N[C@@H](CCCCN)C(=O)CCCCN(C(=O)CO)[C@@H](c1nc(-c2cc(F)ccc2F)cn1Cc1ccccc1)C(C)(C)C.O=C(O)C(F)(F)F.[CH3-].[Pd]. The van der Waals surface area contributed by atoms with Gasteiger partial charge < -0.3 is 76.1 Å². The molecule has 4 amide bonds. The number of nitrogens with two attached hydrogens (primary N) is 1. The molecule has 0 saturated heterocycles. The van der Waals surface area contributed by atoms with Gasteiger partial charge >= 0.3 is 12.1 Å². The van der Waals surface area contributed by atoms with Crippen molar-refractivity contribution in [1.82, 2.24) is 24.7 Å². The van der Waals surface area contributed by atoms with Crippen LogP contribution in [0.15, 0.2) is 66.9 Å². The van der Waals surface area contributed by atoms with Gasteiger partial charge in [-0.15, -0.1) is 0 Å². The second kappa shape index (κ2) is 51.1. The van der Waals surface area contributed by atoms with Crippen LogP contribution >= 0.6 is 0 Å². The molecule has 0 aliphatic carbocycles. The molecular formula is C69H102F5N6O18Pd-. The number of ketones is 3. The number of aliphatic carboxylic acids is 1. The van der Waals surface area contributed by atoms with E-state index in [9.17, 15) is 56.2 Å². The molecule has 0 unspecified atom stereocenters. The maximum absolute atomic E-state index is 15.2. The number of imide groups is 1. The summed E-state index contributed by atoms with van der Waals surface area (Å²) in [5.74, 6) is -6.62. The molecule has 24 nitrogen and oxygen atoms in total. The number of rotatable bonds is 52. The van der Waals surface area contributed by atoms with E-state index in [1.165, 1.54) is 12.2 Å². The van der Waals surface area contributed by atoms with E-state index in [-0.39, 0.29) is 132 Å². The van der Waals surface area contributed by atoms with Crippen molar-refractivity contribution in [2.24, 2.45) is 23.0 Å². The number of hydrogen-bond acceptors (Lipinski definition) is 19. The molecule has 3 atom stereocenters. The zero-order valence-corrected chi connectivity index (χ0v) is 59.3. The first-order chi connectivity index (χ1) is 46.3. The van der Waals surface area contributed by atoms with E-state index < -0.39 is 59.7 Å². The van der Waals surface area contributed by atoms with Gasteiger partial charge in [-0.1, -0.05) is 65.0 Å². The van der Waals surface area contributed by atoms with Gasteiger partial charge in [0.05, 0.1) is 117 Å². The van der Waals surface area contributed by atoms with Crippen LogP contribution in [0.5, 0.6) is 0 Å². The molecule has 99 heavy (non-hydrogen) atoms. The maximum Gasteiger partial charge on any atom is 0.490 e. The number of carboxylic acid groups (broad SMARTS) is 1. The van der Waals surface area contributed by atoms with Crippen LogP contribution in [0, 0.1) is 36.3 Å². The summed E-state index contributed by atoms with van der Waals surface area (Å²) in [6.45, 7) is 15.6. The summed E-state index contributed by atoms with van der Waals surface area (Å²) < 4.78 is 108. The molecule has 0 spiro atoms. The fourth-order valence-electron chi connectivity index (χ4n) is 9.89. The number of nitrogens with zero attached hydrogens (tertiary/aromatic N) is 4. The molecule has 2 aromatic carbocycles. The van der Waals surface area contributed by atoms with E-state index in [1.54, 1.807) is 11.1 Å². The number of unbranched alkanes of at least 4 members (excludes halogenated alkanes) is 2. The van der Waals surface area contributed by atoms with Gasteiger partial charge in [-0.05, 0) is 80.2 Å². The fourth-order valence-corrected chi connectivity index (χ4v) is 9.89. The monoisotopic (exact) mass is 1500 g/mol. The Morgan fingerprint density at radius 3 is 1.67 bits per heavy atom. The third-order valence-corrected chi connectivity index (χ3v) is 15.0. The standard InChI is InChI=1S/C66H98F2N6O16.C2HF3O2.CH3.Pd/c1-49(2)54(45-53(77)24-29-84-31-33-86-35-37-88-39-41-90-43-42-89-40-38-87-36-34-85-32-30-83-28-13-16-52(76)23-27-73-60(79)21-22-61(73)80)65(82)71-57(17-9-11-25-69)59(78)18-10-12-26-74(62(81)48-75)63(66(3,4)5)64-70-58(55-44-51(67)19-20-56(55)68)47-72(64)46-50-14-7-6-8-15-50;3-2(4,5)1(6)7;;/h6-8,14-15,19-22,44,47,49,54,57,63,75H,9-13,16-18,23-43,45-46,48,69H2,1-5H3,(H,71,82);(H,6,7);1H3;/q;;-1;/t54-,57-,63-;;;/m0.../s1.